The van der Waals surface area contributed by atoms with E-state index in [-0.39, 0.29) is 0 Å². The summed E-state index contributed by atoms with van der Waals surface area (Å²) >= 11 is 2.07. The fourth-order valence-corrected chi connectivity index (χ4v) is 3.88. The van der Waals surface area contributed by atoms with Crippen molar-refractivity contribution < 1.29 is 0 Å². The van der Waals surface area contributed by atoms with E-state index in [2.05, 4.69) is 59.6 Å². The highest BCUT2D eigenvalue weighted by Crippen LogP contribution is 2.20. The van der Waals surface area contributed by atoms with Gasteiger partial charge in [-0.05, 0) is 36.8 Å². The summed E-state index contributed by atoms with van der Waals surface area (Å²) in [4.78, 5) is 0. The van der Waals surface area contributed by atoms with E-state index in [9.17, 15) is 0 Å². The molecule has 1 fully saturated rings. The predicted molar refractivity (Wildman–Crippen MR) is 89.7 cm³/mol. The van der Waals surface area contributed by atoms with Gasteiger partial charge in [-0.15, -0.1) is 0 Å². The van der Waals surface area contributed by atoms with E-state index >= 15 is 0 Å². The van der Waals surface area contributed by atoms with Crippen LogP contribution in [-0.2, 0) is 6.54 Å². The number of benzene rings is 1. The second-order valence-corrected chi connectivity index (χ2v) is 6.96. The van der Waals surface area contributed by atoms with Gasteiger partial charge in [0.2, 0.25) is 0 Å². The van der Waals surface area contributed by atoms with Crippen LogP contribution in [0.15, 0.2) is 42.7 Å². The molecule has 1 aromatic carbocycles. The molecule has 1 saturated heterocycles. The molecule has 0 aliphatic carbocycles. The highest BCUT2D eigenvalue weighted by atomic mass is 32.2. The first-order chi connectivity index (χ1) is 10.3. The first kappa shape index (κ1) is 14.7. The predicted octanol–water partition coefficient (Wildman–Crippen LogP) is 3.48. The van der Waals surface area contributed by atoms with Crippen LogP contribution in [-0.4, -0.2) is 27.3 Å². The molecular weight excluding hydrogens is 278 g/mol. The Bertz CT molecular complexity index is 546. The summed E-state index contributed by atoms with van der Waals surface area (Å²) in [5.74, 6) is 2.58. The molecule has 4 heteroatoms. The van der Waals surface area contributed by atoms with Crippen LogP contribution in [0.25, 0.3) is 0 Å². The van der Waals surface area contributed by atoms with E-state index in [1.165, 1.54) is 35.5 Å². The minimum Gasteiger partial charge on any atom is -0.307 e. The Kier molecular flexibility index (Phi) is 4.99. The van der Waals surface area contributed by atoms with Gasteiger partial charge in [-0.1, -0.05) is 30.3 Å². The summed E-state index contributed by atoms with van der Waals surface area (Å²) in [5, 5.41) is 8.24. The highest BCUT2D eigenvalue weighted by Gasteiger charge is 2.17. The van der Waals surface area contributed by atoms with Crippen molar-refractivity contribution in [3.8, 4) is 0 Å². The van der Waals surface area contributed by atoms with Crippen molar-refractivity contribution in [1.82, 2.24) is 15.1 Å². The van der Waals surface area contributed by atoms with Crippen molar-refractivity contribution in [2.24, 2.45) is 0 Å². The second-order valence-electron chi connectivity index (χ2n) is 5.73. The fraction of sp³-hybridized carbons (Fsp3) is 0.471. The molecular formula is C17H23N3S. The summed E-state index contributed by atoms with van der Waals surface area (Å²) in [5.41, 5.74) is 2.57. The zero-order valence-electron chi connectivity index (χ0n) is 12.5. The van der Waals surface area contributed by atoms with Crippen LogP contribution < -0.4 is 5.32 Å². The summed E-state index contributed by atoms with van der Waals surface area (Å²) < 4.78 is 2.03. The molecule has 1 aliphatic rings. The van der Waals surface area contributed by atoms with Gasteiger partial charge in [-0.2, -0.15) is 16.9 Å². The number of hydrogen-bond acceptors (Lipinski definition) is 3. The van der Waals surface area contributed by atoms with Crippen molar-refractivity contribution in [1.29, 1.82) is 0 Å². The van der Waals surface area contributed by atoms with E-state index in [0.29, 0.717) is 12.1 Å². The third-order valence-corrected chi connectivity index (χ3v) is 5.10. The number of nitrogens with zero attached hydrogens (tertiary/aromatic N) is 2. The molecule has 1 atom stereocenters. The first-order valence-electron chi connectivity index (χ1n) is 7.71. The summed E-state index contributed by atoms with van der Waals surface area (Å²) in [7, 11) is 0. The molecule has 2 heterocycles. The molecule has 0 radical (unpaired) electrons. The first-order valence-corrected chi connectivity index (χ1v) is 8.87. The van der Waals surface area contributed by atoms with E-state index in [4.69, 9.17) is 0 Å². The van der Waals surface area contributed by atoms with Gasteiger partial charge in [0, 0.05) is 23.8 Å². The Morgan fingerprint density at radius 1 is 1.29 bits per heavy atom. The minimum atomic E-state index is 0.377. The lowest BCUT2D eigenvalue weighted by atomic mass is 10.1. The van der Waals surface area contributed by atoms with Crippen LogP contribution in [0.4, 0.5) is 0 Å². The van der Waals surface area contributed by atoms with Gasteiger partial charge < -0.3 is 5.32 Å². The van der Waals surface area contributed by atoms with E-state index in [1.54, 1.807) is 0 Å². The molecule has 0 saturated carbocycles. The lowest BCUT2D eigenvalue weighted by Gasteiger charge is -2.25. The lowest BCUT2D eigenvalue weighted by molar-refractivity contribution is 0.431. The average molecular weight is 301 g/mol. The third kappa shape index (κ3) is 4.11. The quantitative estimate of drug-likeness (QED) is 0.917. The van der Waals surface area contributed by atoms with Gasteiger partial charge in [-0.25, -0.2) is 0 Å². The lowest BCUT2D eigenvalue weighted by Crippen LogP contribution is -2.34. The van der Waals surface area contributed by atoms with Crippen LogP contribution >= 0.6 is 11.8 Å². The summed E-state index contributed by atoms with van der Waals surface area (Å²) in [6.07, 6.45) is 6.74. The molecule has 1 aliphatic heterocycles. The Labute approximate surface area is 131 Å². The molecule has 0 unspecified atom stereocenters. The Morgan fingerprint density at radius 3 is 2.81 bits per heavy atom. The summed E-state index contributed by atoms with van der Waals surface area (Å²) in [6, 6.07) is 11.5. The number of hydrogen-bond donors (Lipinski definition) is 1. The molecule has 112 valence electrons. The van der Waals surface area contributed by atoms with E-state index < -0.39 is 0 Å². The molecule has 3 nitrogen and oxygen atoms in total. The molecule has 2 aromatic rings. The van der Waals surface area contributed by atoms with E-state index in [1.807, 2.05) is 16.9 Å². The SMILES string of the molecule is C[C@@H](NC1CCSCC1)c1cnn(Cc2ccccc2)c1. The van der Waals surface area contributed by atoms with Gasteiger partial charge in [0.25, 0.3) is 0 Å². The zero-order chi connectivity index (χ0) is 14.5. The van der Waals surface area contributed by atoms with Crippen molar-refractivity contribution in [2.45, 2.75) is 38.4 Å². The van der Waals surface area contributed by atoms with Gasteiger partial charge in [-0.3, -0.25) is 4.68 Å². The molecule has 1 N–H and O–H groups in total. The molecule has 0 bridgehead atoms. The number of aromatic nitrogens is 2. The van der Waals surface area contributed by atoms with Crippen molar-refractivity contribution in [2.75, 3.05) is 11.5 Å². The minimum absolute atomic E-state index is 0.377. The molecule has 1 aromatic heterocycles. The van der Waals surface area contributed by atoms with Crippen molar-refractivity contribution >= 4 is 11.8 Å². The third-order valence-electron chi connectivity index (χ3n) is 4.05. The van der Waals surface area contributed by atoms with Crippen molar-refractivity contribution in [3.05, 3.63) is 53.9 Å². The standard InChI is InChI=1S/C17H23N3S/c1-14(19-17-7-9-21-10-8-17)16-11-18-20(13-16)12-15-5-3-2-4-6-15/h2-6,11,13-14,17,19H,7-10,12H2,1H3/t14-/m1/s1. The van der Waals surface area contributed by atoms with Gasteiger partial charge in [0.05, 0.1) is 12.7 Å². The maximum absolute atomic E-state index is 4.50. The van der Waals surface area contributed by atoms with Crippen LogP contribution in [0.2, 0.25) is 0 Å². The summed E-state index contributed by atoms with van der Waals surface area (Å²) in [6.45, 7) is 3.08. The number of thioether (sulfide) groups is 1. The Balaban J connectivity index is 1.58. The van der Waals surface area contributed by atoms with Crippen molar-refractivity contribution in [3.63, 3.8) is 0 Å². The monoisotopic (exact) mass is 301 g/mol. The fourth-order valence-electron chi connectivity index (χ4n) is 2.77. The van der Waals surface area contributed by atoms with Crippen LogP contribution in [0.3, 0.4) is 0 Å². The maximum Gasteiger partial charge on any atom is 0.0659 e. The van der Waals surface area contributed by atoms with Crippen LogP contribution in [0, 0.1) is 0 Å². The van der Waals surface area contributed by atoms with Gasteiger partial charge in [0.1, 0.15) is 0 Å². The smallest absolute Gasteiger partial charge is 0.0659 e. The van der Waals surface area contributed by atoms with Gasteiger partial charge >= 0.3 is 0 Å². The Hall–Kier alpha value is -1.26. The van der Waals surface area contributed by atoms with Crippen LogP contribution in [0.1, 0.15) is 36.9 Å². The number of rotatable bonds is 5. The van der Waals surface area contributed by atoms with Crippen LogP contribution in [0.5, 0.6) is 0 Å². The zero-order valence-corrected chi connectivity index (χ0v) is 13.4. The molecule has 0 spiro atoms. The largest absolute Gasteiger partial charge is 0.307 e. The van der Waals surface area contributed by atoms with E-state index in [0.717, 1.165) is 6.54 Å². The second kappa shape index (κ2) is 7.14. The molecule has 0 amide bonds. The number of nitrogens with one attached hydrogen (secondary N) is 1. The Morgan fingerprint density at radius 2 is 2.05 bits per heavy atom. The topological polar surface area (TPSA) is 29.9 Å². The normalized spacial score (nSPS) is 17.8. The maximum atomic E-state index is 4.50. The molecule has 21 heavy (non-hydrogen) atoms. The van der Waals surface area contributed by atoms with Gasteiger partial charge in [0.15, 0.2) is 0 Å². The molecule has 3 rings (SSSR count). The average Bonchev–Trinajstić information content (AvgIpc) is 2.98. The highest BCUT2D eigenvalue weighted by molar-refractivity contribution is 7.99.